The van der Waals surface area contributed by atoms with Crippen molar-refractivity contribution < 1.29 is 17.9 Å². The number of hydrogen-bond donors (Lipinski definition) is 1. The van der Waals surface area contributed by atoms with E-state index < -0.39 is 11.9 Å². The lowest BCUT2D eigenvalue weighted by Gasteiger charge is -2.13. The molecular formula is C12H9ClF3NOS. The molecule has 0 saturated heterocycles. The van der Waals surface area contributed by atoms with E-state index in [-0.39, 0.29) is 22.9 Å². The minimum Gasteiger partial charge on any atom is -0.492 e. The highest BCUT2D eigenvalue weighted by atomic mass is 35.5. The van der Waals surface area contributed by atoms with Crippen molar-refractivity contribution in [3.63, 3.8) is 0 Å². The fourth-order valence-electron chi connectivity index (χ4n) is 1.60. The largest absolute Gasteiger partial charge is 0.492 e. The number of hydrogen-bond acceptors (Lipinski definition) is 3. The lowest BCUT2D eigenvalue weighted by Crippen LogP contribution is -2.09. The van der Waals surface area contributed by atoms with Crippen LogP contribution in [-0.4, -0.2) is 17.3 Å². The number of aromatic nitrogens is 1. The second-order valence-electron chi connectivity index (χ2n) is 3.71. The van der Waals surface area contributed by atoms with Gasteiger partial charge in [0.1, 0.15) is 11.4 Å². The molecule has 1 aromatic carbocycles. The number of ether oxygens (including phenoxy) is 1. The maximum absolute atomic E-state index is 12.8. The van der Waals surface area contributed by atoms with Crippen LogP contribution in [0.5, 0.6) is 5.75 Å². The minimum atomic E-state index is -4.55. The van der Waals surface area contributed by atoms with Crippen LogP contribution >= 0.6 is 24.2 Å². The molecule has 1 aromatic heterocycles. The highest BCUT2D eigenvalue weighted by molar-refractivity contribution is 7.80. The Kier molecular flexibility index (Phi) is 4.10. The quantitative estimate of drug-likeness (QED) is 0.858. The van der Waals surface area contributed by atoms with Crippen LogP contribution < -0.4 is 4.74 Å². The molecule has 102 valence electrons. The van der Waals surface area contributed by atoms with Crippen molar-refractivity contribution in [1.82, 2.24) is 4.98 Å². The maximum Gasteiger partial charge on any atom is 0.433 e. The predicted octanol–water partition coefficient (Wildman–Crippen LogP) is 4.22. The summed E-state index contributed by atoms with van der Waals surface area (Å²) in [5.41, 5.74) is -0.949. The van der Waals surface area contributed by atoms with Gasteiger partial charge in [-0.2, -0.15) is 25.8 Å². The van der Waals surface area contributed by atoms with Crippen LogP contribution in [0.2, 0.25) is 5.02 Å². The van der Waals surface area contributed by atoms with Crippen LogP contribution in [0.15, 0.2) is 24.3 Å². The fraction of sp³-hybridized carbons (Fsp3) is 0.250. The molecule has 0 aliphatic carbocycles. The first kappa shape index (κ1) is 14.3. The normalized spacial score (nSPS) is 11.8. The number of rotatable bonds is 3. The van der Waals surface area contributed by atoms with Gasteiger partial charge in [0.05, 0.1) is 17.1 Å². The van der Waals surface area contributed by atoms with Crippen molar-refractivity contribution >= 4 is 35.1 Å². The van der Waals surface area contributed by atoms with Gasteiger partial charge in [0, 0.05) is 17.2 Å². The Morgan fingerprint density at radius 3 is 2.68 bits per heavy atom. The minimum absolute atomic E-state index is 0.0770. The molecule has 2 aromatic rings. The molecule has 0 spiro atoms. The highest BCUT2D eigenvalue weighted by Crippen LogP contribution is 2.36. The molecule has 0 amide bonds. The van der Waals surface area contributed by atoms with Crippen LogP contribution in [0.3, 0.4) is 0 Å². The molecule has 0 radical (unpaired) electrons. The maximum atomic E-state index is 12.8. The van der Waals surface area contributed by atoms with Gasteiger partial charge >= 0.3 is 6.18 Å². The molecule has 0 fully saturated rings. The molecule has 2 rings (SSSR count). The number of nitrogens with zero attached hydrogens (tertiary/aromatic N) is 1. The smallest absolute Gasteiger partial charge is 0.433 e. The summed E-state index contributed by atoms with van der Waals surface area (Å²) in [7, 11) is 0. The molecule has 7 heteroatoms. The molecule has 0 unspecified atom stereocenters. The average molecular weight is 308 g/mol. The van der Waals surface area contributed by atoms with Crippen molar-refractivity contribution in [3.8, 4) is 5.75 Å². The van der Waals surface area contributed by atoms with Gasteiger partial charge in [-0.3, -0.25) is 0 Å². The molecule has 0 atom stereocenters. The van der Waals surface area contributed by atoms with E-state index in [1.807, 2.05) is 0 Å². The van der Waals surface area contributed by atoms with Gasteiger partial charge in [0.25, 0.3) is 0 Å². The summed E-state index contributed by atoms with van der Waals surface area (Å²) in [5.74, 6) is 0.500. The van der Waals surface area contributed by atoms with E-state index in [0.717, 1.165) is 6.07 Å². The van der Waals surface area contributed by atoms with Crippen LogP contribution in [0.1, 0.15) is 5.69 Å². The van der Waals surface area contributed by atoms with E-state index in [1.165, 1.54) is 6.07 Å². The Balaban J connectivity index is 2.66. The summed E-state index contributed by atoms with van der Waals surface area (Å²) in [6.07, 6.45) is -4.55. The van der Waals surface area contributed by atoms with Gasteiger partial charge in [0.15, 0.2) is 0 Å². The number of benzene rings is 1. The topological polar surface area (TPSA) is 22.1 Å². The summed E-state index contributed by atoms with van der Waals surface area (Å²) < 4.78 is 43.6. The summed E-state index contributed by atoms with van der Waals surface area (Å²) in [4.78, 5) is 3.56. The van der Waals surface area contributed by atoms with Gasteiger partial charge in [-0.05, 0) is 12.1 Å². The second-order valence-corrected chi connectivity index (χ2v) is 4.57. The third-order valence-electron chi connectivity index (χ3n) is 2.39. The van der Waals surface area contributed by atoms with Gasteiger partial charge in [0.2, 0.25) is 0 Å². The molecule has 0 aliphatic rings. The zero-order chi connectivity index (χ0) is 14.0. The van der Waals surface area contributed by atoms with Crippen LogP contribution in [-0.2, 0) is 6.18 Å². The molecule has 0 bridgehead atoms. The lowest BCUT2D eigenvalue weighted by atomic mass is 10.1. The van der Waals surface area contributed by atoms with Crippen LogP contribution in [0, 0.1) is 0 Å². The van der Waals surface area contributed by atoms with Crippen LogP contribution in [0.25, 0.3) is 10.9 Å². The Bertz CT molecular complexity index is 603. The number of alkyl halides is 3. The summed E-state index contributed by atoms with van der Waals surface area (Å²) >= 11 is 9.84. The number of halogens is 4. The zero-order valence-electron chi connectivity index (χ0n) is 9.54. The van der Waals surface area contributed by atoms with E-state index in [1.54, 1.807) is 12.1 Å². The lowest BCUT2D eigenvalue weighted by molar-refractivity contribution is -0.141. The first-order valence-electron chi connectivity index (χ1n) is 5.33. The Morgan fingerprint density at radius 2 is 2.05 bits per heavy atom. The summed E-state index contributed by atoms with van der Waals surface area (Å²) in [5, 5.41) is 0.599. The Labute approximate surface area is 117 Å². The predicted molar refractivity (Wildman–Crippen MR) is 71.1 cm³/mol. The molecular weight excluding hydrogens is 299 g/mol. The molecule has 19 heavy (non-hydrogen) atoms. The Hall–Kier alpha value is -1.14. The number of pyridine rings is 1. The first-order chi connectivity index (χ1) is 8.93. The number of thiol groups is 1. The van der Waals surface area contributed by atoms with Gasteiger partial charge in [-0.25, -0.2) is 4.98 Å². The van der Waals surface area contributed by atoms with Crippen molar-refractivity contribution in [2.45, 2.75) is 6.18 Å². The molecule has 0 N–H and O–H groups in total. The van der Waals surface area contributed by atoms with E-state index in [0.29, 0.717) is 11.1 Å². The number of fused-ring (bicyclic) bond motifs is 1. The highest BCUT2D eigenvalue weighted by Gasteiger charge is 2.34. The first-order valence-corrected chi connectivity index (χ1v) is 6.34. The fourth-order valence-corrected chi connectivity index (χ4v) is 1.91. The van der Waals surface area contributed by atoms with Crippen molar-refractivity contribution in [1.29, 1.82) is 0 Å². The summed E-state index contributed by atoms with van der Waals surface area (Å²) in [6, 6.07) is 5.61. The Morgan fingerprint density at radius 1 is 1.32 bits per heavy atom. The van der Waals surface area contributed by atoms with Gasteiger partial charge in [-0.15, -0.1) is 0 Å². The number of para-hydroxylation sites is 1. The van der Waals surface area contributed by atoms with Crippen LogP contribution in [0.4, 0.5) is 13.2 Å². The van der Waals surface area contributed by atoms with E-state index in [4.69, 9.17) is 16.3 Å². The van der Waals surface area contributed by atoms with Crippen molar-refractivity contribution in [2.24, 2.45) is 0 Å². The van der Waals surface area contributed by atoms with Gasteiger partial charge < -0.3 is 4.74 Å². The van der Waals surface area contributed by atoms with Crippen molar-refractivity contribution in [3.05, 3.63) is 35.0 Å². The van der Waals surface area contributed by atoms with E-state index in [2.05, 4.69) is 17.6 Å². The molecule has 2 nitrogen and oxygen atoms in total. The van der Waals surface area contributed by atoms with E-state index in [9.17, 15) is 13.2 Å². The zero-order valence-corrected chi connectivity index (χ0v) is 11.2. The molecule has 1 heterocycles. The van der Waals surface area contributed by atoms with Gasteiger partial charge in [-0.1, -0.05) is 17.7 Å². The standard InChI is InChI=1S/C12H9ClF3NOS/c13-8-3-1-2-7-9(18-4-5-19)6-10(12(14,15)16)17-11(7)8/h1-3,6,19H,4-5H2. The summed E-state index contributed by atoms with van der Waals surface area (Å²) in [6.45, 7) is 0.200. The monoisotopic (exact) mass is 307 g/mol. The third kappa shape index (κ3) is 3.06. The molecule has 0 saturated carbocycles. The van der Waals surface area contributed by atoms with Crippen molar-refractivity contribution in [2.75, 3.05) is 12.4 Å². The second kappa shape index (κ2) is 5.46. The third-order valence-corrected chi connectivity index (χ3v) is 2.88. The average Bonchev–Trinajstić information content (AvgIpc) is 2.35. The molecule has 0 aliphatic heterocycles. The SMILES string of the molecule is FC(F)(F)c1cc(OCCS)c2cccc(Cl)c2n1. The van der Waals surface area contributed by atoms with E-state index >= 15 is 0 Å².